The van der Waals surface area contributed by atoms with Crippen molar-refractivity contribution in [2.24, 2.45) is 0 Å². The number of carbonyl (C=O) groups is 1. The first kappa shape index (κ1) is 12.9. The fraction of sp³-hybridized carbons (Fsp3) is 0.462. The quantitative estimate of drug-likeness (QED) is 0.763. The molecule has 3 heteroatoms. The first-order valence-electron chi connectivity index (χ1n) is 5.28. The molecule has 0 aromatic heterocycles. The van der Waals surface area contributed by atoms with Gasteiger partial charge in [-0.15, -0.1) is 0 Å². The number of rotatable bonds is 3. The van der Waals surface area contributed by atoms with Crippen LogP contribution < -0.4 is 0 Å². The Labute approximate surface area is 95.7 Å². The Morgan fingerprint density at radius 1 is 1.12 bits per heavy atom. The lowest BCUT2D eigenvalue weighted by Gasteiger charge is -2.20. The highest BCUT2D eigenvalue weighted by atomic mass is 16.3. The summed E-state index contributed by atoms with van der Waals surface area (Å²) < 4.78 is 0. The van der Waals surface area contributed by atoms with Crippen molar-refractivity contribution < 1.29 is 15.0 Å². The number of hydrogen-bond acceptors (Lipinski definition) is 3. The van der Waals surface area contributed by atoms with Gasteiger partial charge >= 0.3 is 0 Å². The van der Waals surface area contributed by atoms with Gasteiger partial charge < -0.3 is 15.0 Å². The van der Waals surface area contributed by atoms with E-state index < -0.39 is 12.2 Å². The molecule has 0 saturated carbocycles. The Balaban J connectivity index is 2.91. The molecule has 1 rings (SSSR count). The molecule has 2 N–H and O–H groups in total. The van der Waals surface area contributed by atoms with Crippen molar-refractivity contribution in [3.63, 3.8) is 0 Å². The van der Waals surface area contributed by atoms with Crippen LogP contribution in [0.3, 0.4) is 0 Å². The van der Waals surface area contributed by atoms with Crippen LogP contribution in [0.15, 0.2) is 24.3 Å². The van der Waals surface area contributed by atoms with Crippen molar-refractivity contribution in [1.82, 2.24) is 0 Å². The molecule has 0 bridgehead atoms. The minimum absolute atomic E-state index is 0.0484. The summed E-state index contributed by atoms with van der Waals surface area (Å²) >= 11 is 0. The summed E-state index contributed by atoms with van der Waals surface area (Å²) in [6, 6.07) is 7.27. The zero-order valence-electron chi connectivity index (χ0n) is 9.84. The maximum Gasteiger partial charge on any atom is 0.151 e. The Morgan fingerprint density at radius 2 is 1.62 bits per heavy atom. The van der Waals surface area contributed by atoms with E-state index in [1.807, 2.05) is 12.1 Å². The highest BCUT2D eigenvalue weighted by Crippen LogP contribution is 2.24. The third kappa shape index (κ3) is 2.90. The van der Waals surface area contributed by atoms with E-state index in [-0.39, 0.29) is 5.41 Å². The molecule has 3 nitrogen and oxygen atoms in total. The van der Waals surface area contributed by atoms with E-state index in [2.05, 4.69) is 20.8 Å². The molecule has 2 unspecified atom stereocenters. The van der Waals surface area contributed by atoms with Crippen LogP contribution in [0.1, 0.15) is 38.0 Å². The molecular formula is C13H18O3. The lowest BCUT2D eigenvalue weighted by molar-refractivity contribution is -0.120. The summed E-state index contributed by atoms with van der Waals surface area (Å²) in [4.78, 5) is 10.3. The molecule has 0 aliphatic heterocycles. The Morgan fingerprint density at radius 3 is 2.00 bits per heavy atom. The second-order valence-corrected chi connectivity index (χ2v) is 4.94. The van der Waals surface area contributed by atoms with Crippen LogP contribution in [0.4, 0.5) is 0 Å². The number of hydrogen-bond donors (Lipinski definition) is 2. The lowest BCUT2D eigenvalue weighted by atomic mass is 9.86. The largest absolute Gasteiger partial charge is 0.385 e. The highest BCUT2D eigenvalue weighted by Gasteiger charge is 2.18. The molecular weight excluding hydrogens is 204 g/mol. The zero-order valence-corrected chi connectivity index (χ0v) is 9.84. The van der Waals surface area contributed by atoms with Crippen LogP contribution in [-0.2, 0) is 10.2 Å². The van der Waals surface area contributed by atoms with Gasteiger partial charge in [-0.3, -0.25) is 0 Å². The van der Waals surface area contributed by atoms with Gasteiger partial charge in [0.1, 0.15) is 12.2 Å². The summed E-state index contributed by atoms with van der Waals surface area (Å²) in [5.41, 5.74) is 1.74. The van der Waals surface area contributed by atoms with Gasteiger partial charge in [-0.05, 0) is 16.5 Å². The molecule has 1 aromatic carbocycles. The van der Waals surface area contributed by atoms with Crippen LogP contribution in [0.2, 0.25) is 0 Å². The van der Waals surface area contributed by atoms with Crippen LogP contribution >= 0.6 is 0 Å². The molecule has 0 spiro atoms. The van der Waals surface area contributed by atoms with E-state index in [9.17, 15) is 15.0 Å². The molecule has 0 saturated heterocycles. The minimum atomic E-state index is -1.36. The van der Waals surface area contributed by atoms with Crippen LogP contribution in [-0.4, -0.2) is 22.6 Å². The normalized spacial score (nSPS) is 15.6. The predicted molar refractivity (Wildman–Crippen MR) is 62.2 cm³/mol. The second kappa shape index (κ2) is 4.76. The molecule has 1 aromatic rings. The van der Waals surface area contributed by atoms with Gasteiger partial charge in [-0.25, -0.2) is 0 Å². The molecule has 0 aliphatic carbocycles. The van der Waals surface area contributed by atoms with Gasteiger partial charge in [0.15, 0.2) is 6.29 Å². The van der Waals surface area contributed by atoms with Gasteiger partial charge in [0.05, 0.1) is 0 Å². The first-order chi connectivity index (χ1) is 7.36. The molecule has 0 fully saturated rings. The van der Waals surface area contributed by atoms with Crippen molar-refractivity contribution in [3.8, 4) is 0 Å². The van der Waals surface area contributed by atoms with E-state index in [4.69, 9.17) is 0 Å². The monoisotopic (exact) mass is 222 g/mol. The van der Waals surface area contributed by atoms with E-state index in [1.54, 1.807) is 12.1 Å². The third-order valence-corrected chi connectivity index (χ3v) is 2.58. The average molecular weight is 222 g/mol. The predicted octanol–water partition coefficient (Wildman–Crippen LogP) is 1.58. The third-order valence-electron chi connectivity index (χ3n) is 2.58. The van der Waals surface area contributed by atoms with Crippen molar-refractivity contribution in [2.75, 3.05) is 0 Å². The number of aldehydes is 1. The molecule has 88 valence electrons. The molecule has 0 amide bonds. The SMILES string of the molecule is CC(C)(C)c1ccc(C(O)C(O)C=O)cc1. The van der Waals surface area contributed by atoms with Gasteiger partial charge in [0.25, 0.3) is 0 Å². The van der Waals surface area contributed by atoms with Crippen molar-refractivity contribution >= 4 is 6.29 Å². The highest BCUT2D eigenvalue weighted by molar-refractivity contribution is 5.57. The number of carbonyl (C=O) groups excluding carboxylic acids is 1. The minimum Gasteiger partial charge on any atom is -0.385 e. The second-order valence-electron chi connectivity index (χ2n) is 4.94. The summed E-state index contributed by atoms with van der Waals surface area (Å²) in [6.07, 6.45) is -2.17. The fourth-order valence-corrected chi connectivity index (χ4v) is 1.45. The fourth-order valence-electron chi connectivity index (χ4n) is 1.45. The lowest BCUT2D eigenvalue weighted by Crippen LogP contribution is -2.19. The average Bonchev–Trinajstić information content (AvgIpc) is 2.26. The van der Waals surface area contributed by atoms with Crippen LogP contribution in [0.5, 0.6) is 0 Å². The van der Waals surface area contributed by atoms with Gasteiger partial charge in [0.2, 0.25) is 0 Å². The summed E-state index contributed by atoms with van der Waals surface area (Å²) in [5, 5.41) is 18.8. The summed E-state index contributed by atoms with van der Waals surface area (Å²) in [7, 11) is 0. The molecule has 0 heterocycles. The maximum absolute atomic E-state index is 10.3. The Bertz CT molecular complexity index is 348. The number of aliphatic hydroxyl groups excluding tert-OH is 2. The van der Waals surface area contributed by atoms with Crippen molar-refractivity contribution in [1.29, 1.82) is 0 Å². The number of benzene rings is 1. The molecule has 0 radical (unpaired) electrons. The smallest absolute Gasteiger partial charge is 0.151 e. The van der Waals surface area contributed by atoms with Crippen LogP contribution in [0.25, 0.3) is 0 Å². The van der Waals surface area contributed by atoms with Gasteiger partial charge in [0, 0.05) is 0 Å². The standard InChI is InChI=1S/C13H18O3/c1-13(2,3)10-6-4-9(5-7-10)12(16)11(15)8-14/h4-8,11-12,15-16H,1-3H3. The van der Waals surface area contributed by atoms with Gasteiger partial charge in [-0.1, -0.05) is 45.0 Å². The van der Waals surface area contributed by atoms with E-state index in [0.29, 0.717) is 11.8 Å². The molecule has 0 aliphatic rings. The maximum atomic E-state index is 10.3. The number of aliphatic hydroxyl groups is 2. The van der Waals surface area contributed by atoms with E-state index in [0.717, 1.165) is 5.56 Å². The summed E-state index contributed by atoms with van der Waals surface area (Å²) in [5.74, 6) is 0. The van der Waals surface area contributed by atoms with Crippen LogP contribution in [0, 0.1) is 0 Å². The van der Waals surface area contributed by atoms with Crippen molar-refractivity contribution in [3.05, 3.63) is 35.4 Å². The van der Waals surface area contributed by atoms with Crippen molar-refractivity contribution in [2.45, 2.75) is 38.4 Å². The molecule has 2 atom stereocenters. The zero-order chi connectivity index (χ0) is 12.3. The van der Waals surface area contributed by atoms with E-state index >= 15 is 0 Å². The molecule has 16 heavy (non-hydrogen) atoms. The Hall–Kier alpha value is -1.19. The summed E-state index contributed by atoms with van der Waals surface area (Å²) in [6.45, 7) is 6.29. The van der Waals surface area contributed by atoms with E-state index in [1.165, 1.54) is 0 Å². The topological polar surface area (TPSA) is 57.5 Å². The van der Waals surface area contributed by atoms with Gasteiger partial charge in [-0.2, -0.15) is 0 Å². The first-order valence-corrected chi connectivity index (χ1v) is 5.28. The Kier molecular flexibility index (Phi) is 3.83.